The number of amides is 3. The normalized spacial score (nSPS) is 17.9. The van der Waals surface area contributed by atoms with Crippen molar-refractivity contribution in [1.29, 1.82) is 0 Å². The van der Waals surface area contributed by atoms with Gasteiger partial charge in [0.1, 0.15) is 5.76 Å². The van der Waals surface area contributed by atoms with E-state index in [1.165, 1.54) is 6.42 Å². The van der Waals surface area contributed by atoms with E-state index in [0.717, 1.165) is 43.8 Å². The van der Waals surface area contributed by atoms with E-state index in [1.54, 1.807) is 35.4 Å². The van der Waals surface area contributed by atoms with Gasteiger partial charge in [0.05, 0.1) is 18.8 Å². The number of furan rings is 1. The van der Waals surface area contributed by atoms with Crippen LogP contribution in [-0.2, 0) is 9.59 Å². The first-order chi connectivity index (χ1) is 15.6. The Balaban J connectivity index is 1.26. The Morgan fingerprint density at radius 3 is 2.41 bits per heavy atom. The van der Waals surface area contributed by atoms with Crippen LogP contribution in [0.4, 0.5) is 5.69 Å². The van der Waals surface area contributed by atoms with Gasteiger partial charge in [-0.15, -0.1) is 0 Å². The van der Waals surface area contributed by atoms with E-state index in [1.807, 2.05) is 12.1 Å². The zero-order chi connectivity index (χ0) is 22.3. The first kappa shape index (κ1) is 22.1. The summed E-state index contributed by atoms with van der Waals surface area (Å²) in [6.45, 7) is 3.01. The summed E-state index contributed by atoms with van der Waals surface area (Å²) < 4.78 is 5.60. The molecule has 4 rings (SSSR count). The van der Waals surface area contributed by atoms with Crippen LogP contribution in [-0.4, -0.2) is 55.3 Å². The zero-order valence-corrected chi connectivity index (χ0v) is 18.2. The highest BCUT2D eigenvalue weighted by molar-refractivity contribution is 5.98. The van der Waals surface area contributed by atoms with Crippen LogP contribution in [0.1, 0.15) is 54.3 Å². The lowest BCUT2D eigenvalue weighted by Gasteiger charge is -2.33. The fraction of sp³-hybridized carbons (Fsp3) is 0.458. The highest BCUT2D eigenvalue weighted by Gasteiger charge is 2.25. The molecule has 2 aromatic rings. The summed E-state index contributed by atoms with van der Waals surface area (Å²) in [5.41, 5.74) is 1.25. The molecule has 2 saturated heterocycles. The van der Waals surface area contributed by atoms with Gasteiger partial charge in [-0.1, -0.05) is 6.42 Å². The van der Waals surface area contributed by atoms with Gasteiger partial charge < -0.3 is 20.0 Å². The molecule has 1 aromatic carbocycles. The summed E-state index contributed by atoms with van der Waals surface area (Å²) in [7, 11) is 0. The second kappa shape index (κ2) is 10.5. The van der Waals surface area contributed by atoms with Crippen molar-refractivity contribution in [2.45, 2.75) is 38.1 Å². The molecule has 0 radical (unpaired) electrons. The van der Waals surface area contributed by atoms with Crippen LogP contribution in [0.15, 0.2) is 47.1 Å². The van der Waals surface area contributed by atoms with E-state index >= 15 is 0 Å². The molecule has 8 heteroatoms. The van der Waals surface area contributed by atoms with Gasteiger partial charge in [0.2, 0.25) is 11.8 Å². The minimum Gasteiger partial charge on any atom is -0.468 e. The van der Waals surface area contributed by atoms with Crippen LogP contribution in [0.3, 0.4) is 0 Å². The van der Waals surface area contributed by atoms with Gasteiger partial charge in [0.15, 0.2) is 0 Å². The lowest BCUT2D eigenvalue weighted by Crippen LogP contribution is -2.43. The SMILES string of the molecule is O=C(CNC(=O)c1ccc(N2CCCC2=O)cc1)NCC(c1ccco1)N1CCCCC1. The molecule has 2 aliphatic heterocycles. The van der Waals surface area contributed by atoms with Gasteiger partial charge in [-0.25, -0.2) is 0 Å². The summed E-state index contributed by atoms with van der Waals surface area (Å²) in [6.07, 6.45) is 6.59. The molecule has 0 aliphatic carbocycles. The molecule has 0 saturated carbocycles. The molecular formula is C24H30N4O4. The molecular weight excluding hydrogens is 408 g/mol. The molecule has 8 nitrogen and oxygen atoms in total. The van der Waals surface area contributed by atoms with E-state index in [4.69, 9.17) is 4.42 Å². The second-order valence-electron chi connectivity index (χ2n) is 8.31. The largest absolute Gasteiger partial charge is 0.468 e. The molecule has 32 heavy (non-hydrogen) atoms. The first-order valence-electron chi connectivity index (χ1n) is 11.3. The summed E-state index contributed by atoms with van der Waals surface area (Å²) in [6, 6.07) is 10.7. The van der Waals surface area contributed by atoms with Crippen molar-refractivity contribution >= 4 is 23.4 Å². The fourth-order valence-corrected chi connectivity index (χ4v) is 4.37. The topological polar surface area (TPSA) is 94.9 Å². The average Bonchev–Trinajstić information content (AvgIpc) is 3.51. The number of anilines is 1. The number of nitrogens with zero attached hydrogens (tertiary/aromatic N) is 2. The van der Waals surface area contributed by atoms with Gasteiger partial charge in [0, 0.05) is 30.8 Å². The van der Waals surface area contributed by atoms with Crippen molar-refractivity contribution in [3.63, 3.8) is 0 Å². The number of carbonyl (C=O) groups excluding carboxylic acids is 3. The molecule has 2 N–H and O–H groups in total. The van der Waals surface area contributed by atoms with E-state index < -0.39 is 0 Å². The molecule has 0 bridgehead atoms. The number of hydrogen-bond donors (Lipinski definition) is 2. The molecule has 3 amide bonds. The lowest BCUT2D eigenvalue weighted by atomic mass is 10.1. The quantitative estimate of drug-likeness (QED) is 0.660. The molecule has 1 aromatic heterocycles. The maximum atomic E-state index is 12.4. The van der Waals surface area contributed by atoms with Crippen molar-refractivity contribution in [2.75, 3.05) is 37.6 Å². The summed E-state index contributed by atoms with van der Waals surface area (Å²) in [5, 5.41) is 5.59. The Morgan fingerprint density at radius 1 is 0.969 bits per heavy atom. The number of rotatable bonds is 8. The minimum absolute atomic E-state index is 0.00852. The summed E-state index contributed by atoms with van der Waals surface area (Å²) in [5.74, 6) is 0.383. The number of benzene rings is 1. The van der Waals surface area contributed by atoms with Gasteiger partial charge in [-0.3, -0.25) is 19.3 Å². The zero-order valence-electron chi connectivity index (χ0n) is 18.2. The second-order valence-corrected chi connectivity index (χ2v) is 8.31. The van der Waals surface area contributed by atoms with Crippen molar-refractivity contribution in [1.82, 2.24) is 15.5 Å². The number of nitrogens with one attached hydrogen (secondary N) is 2. The number of piperidine rings is 1. The maximum Gasteiger partial charge on any atom is 0.251 e. The number of hydrogen-bond acceptors (Lipinski definition) is 5. The predicted molar refractivity (Wildman–Crippen MR) is 120 cm³/mol. The fourth-order valence-electron chi connectivity index (χ4n) is 4.37. The predicted octanol–water partition coefficient (Wildman–Crippen LogP) is 2.48. The van der Waals surface area contributed by atoms with Gasteiger partial charge in [0.25, 0.3) is 5.91 Å². The van der Waals surface area contributed by atoms with E-state index in [0.29, 0.717) is 25.1 Å². The van der Waals surface area contributed by atoms with E-state index in [2.05, 4.69) is 15.5 Å². The Labute approximate surface area is 187 Å². The van der Waals surface area contributed by atoms with Crippen molar-refractivity contribution in [2.24, 2.45) is 0 Å². The Hall–Kier alpha value is -3.13. The highest BCUT2D eigenvalue weighted by Crippen LogP contribution is 2.24. The van der Waals surface area contributed by atoms with Crippen LogP contribution in [0.5, 0.6) is 0 Å². The van der Waals surface area contributed by atoms with Crippen molar-refractivity contribution in [3.8, 4) is 0 Å². The average molecular weight is 439 g/mol. The highest BCUT2D eigenvalue weighted by atomic mass is 16.3. The maximum absolute atomic E-state index is 12.4. The standard InChI is InChI=1S/C24H30N4O4/c29-22(25-16-20(21-6-5-15-32-21)27-12-2-1-3-13-27)17-26-24(31)18-8-10-19(11-9-18)28-14-4-7-23(28)30/h5-6,8-11,15,20H,1-4,7,12-14,16-17H2,(H,25,29)(H,26,31). The molecule has 170 valence electrons. The van der Waals surface area contributed by atoms with Crippen LogP contribution < -0.4 is 15.5 Å². The Kier molecular flexibility index (Phi) is 7.21. The summed E-state index contributed by atoms with van der Waals surface area (Å²) >= 11 is 0. The van der Waals surface area contributed by atoms with Gasteiger partial charge in [-0.05, 0) is 68.8 Å². The van der Waals surface area contributed by atoms with Crippen LogP contribution in [0.25, 0.3) is 0 Å². The number of likely N-dealkylation sites (tertiary alicyclic amines) is 1. The molecule has 0 spiro atoms. The van der Waals surface area contributed by atoms with Gasteiger partial charge >= 0.3 is 0 Å². The molecule has 1 unspecified atom stereocenters. The van der Waals surface area contributed by atoms with Crippen LogP contribution in [0.2, 0.25) is 0 Å². The van der Waals surface area contributed by atoms with Crippen LogP contribution >= 0.6 is 0 Å². The third kappa shape index (κ3) is 5.37. The third-order valence-electron chi connectivity index (χ3n) is 6.12. The van der Waals surface area contributed by atoms with Crippen molar-refractivity contribution in [3.05, 3.63) is 54.0 Å². The number of carbonyl (C=O) groups is 3. The summed E-state index contributed by atoms with van der Waals surface area (Å²) in [4.78, 5) is 40.7. The molecule has 2 aliphatic rings. The molecule has 1 atom stereocenters. The van der Waals surface area contributed by atoms with Crippen molar-refractivity contribution < 1.29 is 18.8 Å². The monoisotopic (exact) mass is 438 g/mol. The minimum atomic E-state index is -0.321. The van der Waals surface area contributed by atoms with Gasteiger partial charge in [-0.2, -0.15) is 0 Å². The van der Waals surface area contributed by atoms with E-state index in [9.17, 15) is 14.4 Å². The smallest absolute Gasteiger partial charge is 0.251 e. The third-order valence-corrected chi connectivity index (χ3v) is 6.12. The Bertz CT molecular complexity index is 920. The first-order valence-corrected chi connectivity index (χ1v) is 11.3. The van der Waals surface area contributed by atoms with E-state index in [-0.39, 0.29) is 30.3 Å². The molecule has 3 heterocycles. The molecule has 2 fully saturated rings. The van der Waals surface area contributed by atoms with Crippen LogP contribution in [0, 0.1) is 0 Å². The lowest BCUT2D eigenvalue weighted by molar-refractivity contribution is -0.120. The Morgan fingerprint density at radius 2 is 1.75 bits per heavy atom.